The van der Waals surface area contributed by atoms with Crippen LogP contribution in [0.1, 0.15) is 27.2 Å². The summed E-state index contributed by atoms with van der Waals surface area (Å²) < 4.78 is 2.02. The van der Waals surface area contributed by atoms with Gasteiger partial charge in [-0.15, -0.1) is 0 Å². The van der Waals surface area contributed by atoms with Gasteiger partial charge in [0.1, 0.15) is 0 Å². The number of aromatic nitrogens is 2. The zero-order valence-electron chi connectivity index (χ0n) is 11.2. The summed E-state index contributed by atoms with van der Waals surface area (Å²) in [6, 6.07) is 2.58. The smallest absolute Gasteiger partial charge is 0.0536 e. The molecule has 1 aromatic rings. The molecule has 1 aromatic heterocycles. The Morgan fingerprint density at radius 1 is 1.47 bits per heavy atom. The lowest BCUT2D eigenvalue weighted by molar-refractivity contribution is 0.0486. The van der Waals surface area contributed by atoms with Gasteiger partial charge in [-0.05, 0) is 26.3 Å². The molecule has 0 aromatic carbocycles. The molecule has 1 aliphatic rings. The van der Waals surface area contributed by atoms with E-state index >= 15 is 0 Å². The number of hydrogen-bond acceptors (Lipinski definition) is 3. The molecule has 0 saturated carbocycles. The molecule has 1 N–H and O–H groups in total. The van der Waals surface area contributed by atoms with Crippen LogP contribution in [0.15, 0.2) is 18.5 Å². The average molecular weight is 236 g/mol. The van der Waals surface area contributed by atoms with Crippen LogP contribution in [-0.4, -0.2) is 45.9 Å². The standard InChI is InChI=1S/C13H24N4/c1-4-13(3)11-14-12(2)10-16(13)8-9-17-7-5-6-15-17/h5-7,12,14H,4,8-11H2,1-3H3. The predicted octanol–water partition coefficient (Wildman–Crippen LogP) is 1.35. The van der Waals surface area contributed by atoms with Crippen molar-refractivity contribution in [3.05, 3.63) is 18.5 Å². The molecule has 1 fully saturated rings. The van der Waals surface area contributed by atoms with Crippen molar-refractivity contribution in [2.45, 2.75) is 45.3 Å². The summed E-state index contributed by atoms with van der Waals surface area (Å²) >= 11 is 0. The molecule has 96 valence electrons. The van der Waals surface area contributed by atoms with Crippen LogP contribution >= 0.6 is 0 Å². The Kier molecular flexibility index (Phi) is 3.84. The van der Waals surface area contributed by atoms with Gasteiger partial charge in [0.25, 0.3) is 0 Å². The predicted molar refractivity (Wildman–Crippen MR) is 70.0 cm³/mol. The third-order valence-corrected chi connectivity index (χ3v) is 4.01. The minimum absolute atomic E-state index is 0.291. The van der Waals surface area contributed by atoms with Crippen LogP contribution in [0.25, 0.3) is 0 Å². The van der Waals surface area contributed by atoms with Gasteiger partial charge in [-0.25, -0.2) is 0 Å². The molecule has 0 amide bonds. The van der Waals surface area contributed by atoms with E-state index in [0.717, 1.165) is 26.2 Å². The molecule has 2 atom stereocenters. The maximum Gasteiger partial charge on any atom is 0.0536 e. The van der Waals surface area contributed by atoms with Gasteiger partial charge in [0.2, 0.25) is 0 Å². The van der Waals surface area contributed by atoms with Crippen molar-refractivity contribution in [1.29, 1.82) is 0 Å². The van der Waals surface area contributed by atoms with E-state index in [1.807, 2.05) is 23.1 Å². The van der Waals surface area contributed by atoms with Gasteiger partial charge in [-0.2, -0.15) is 5.10 Å². The van der Waals surface area contributed by atoms with Crippen molar-refractivity contribution in [2.75, 3.05) is 19.6 Å². The first-order valence-electron chi connectivity index (χ1n) is 6.60. The molecular weight excluding hydrogens is 212 g/mol. The van der Waals surface area contributed by atoms with E-state index in [0.29, 0.717) is 11.6 Å². The number of rotatable bonds is 4. The lowest BCUT2D eigenvalue weighted by Gasteiger charge is -2.47. The fourth-order valence-electron chi connectivity index (χ4n) is 2.49. The maximum absolute atomic E-state index is 4.27. The molecule has 0 bridgehead atoms. The Balaban J connectivity index is 1.95. The van der Waals surface area contributed by atoms with Crippen LogP contribution in [0.4, 0.5) is 0 Å². The van der Waals surface area contributed by atoms with Gasteiger partial charge in [-0.3, -0.25) is 9.58 Å². The van der Waals surface area contributed by atoms with Crippen LogP contribution in [0.3, 0.4) is 0 Å². The van der Waals surface area contributed by atoms with Gasteiger partial charge >= 0.3 is 0 Å². The van der Waals surface area contributed by atoms with Gasteiger partial charge in [0.05, 0.1) is 6.54 Å². The zero-order valence-corrected chi connectivity index (χ0v) is 11.2. The lowest BCUT2D eigenvalue weighted by Crippen LogP contribution is -2.62. The molecule has 4 heteroatoms. The van der Waals surface area contributed by atoms with Crippen molar-refractivity contribution in [2.24, 2.45) is 0 Å². The van der Waals surface area contributed by atoms with Crippen LogP contribution in [0.5, 0.6) is 0 Å². The molecule has 1 saturated heterocycles. The number of piperazine rings is 1. The Labute approximate surface area is 104 Å². The summed E-state index contributed by atoms with van der Waals surface area (Å²) in [5, 5.41) is 7.85. The Morgan fingerprint density at radius 3 is 2.94 bits per heavy atom. The van der Waals surface area contributed by atoms with E-state index in [4.69, 9.17) is 0 Å². The Bertz CT molecular complexity index is 335. The van der Waals surface area contributed by atoms with Gasteiger partial charge < -0.3 is 5.32 Å². The van der Waals surface area contributed by atoms with E-state index in [1.165, 1.54) is 6.42 Å². The fourth-order valence-corrected chi connectivity index (χ4v) is 2.49. The SMILES string of the molecule is CCC1(C)CNC(C)CN1CCn1cccn1. The largest absolute Gasteiger partial charge is 0.311 e. The number of hydrogen-bond donors (Lipinski definition) is 1. The summed E-state index contributed by atoms with van der Waals surface area (Å²) in [6.07, 6.45) is 5.07. The fraction of sp³-hybridized carbons (Fsp3) is 0.769. The highest BCUT2D eigenvalue weighted by molar-refractivity contribution is 4.94. The minimum atomic E-state index is 0.291. The summed E-state index contributed by atoms with van der Waals surface area (Å²) in [5.74, 6) is 0. The van der Waals surface area contributed by atoms with Crippen LogP contribution in [0, 0.1) is 0 Å². The molecular formula is C13H24N4. The van der Waals surface area contributed by atoms with Crippen molar-refractivity contribution in [1.82, 2.24) is 20.0 Å². The Hall–Kier alpha value is -0.870. The summed E-state index contributed by atoms with van der Waals surface area (Å²) in [7, 11) is 0. The Morgan fingerprint density at radius 2 is 2.29 bits per heavy atom. The zero-order chi connectivity index (χ0) is 12.3. The molecule has 17 heavy (non-hydrogen) atoms. The van der Waals surface area contributed by atoms with Gasteiger partial charge in [0, 0.05) is 43.6 Å². The second-order valence-corrected chi connectivity index (χ2v) is 5.35. The number of nitrogens with one attached hydrogen (secondary N) is 1. The normalized spacial score (nSPS) is 30.6. The molecule has 0 aliphatic carbocycles. The first kappa shape index (κ1) is 12.6. The van der Waals surface area contributed by atoms with Crippen LogP contribution in [-0.2, 0) is 6.54 Å². The van der Waals surface area contributed by atoms with Gasteiger partial charge in [-0.1, -0.05) is 6.92 Å². The first-order chi connectivity index (χ1) is 8.14. The second-order valence-electron chi connectivity index (χ2n) is 5.35. The monoisotopic (exact) mass is 236 g/mol. The van der Waals surface area contributed by atoms with Gasteiger partial charge in [0.15, 0.2) is 0 Å². The van der Waals surface area contributed by atoms with E-state index in [9.17, 15) is 0 Å². The minimum Gasteiger partial charge on any atom is -0.311 e. The quantitative estimate of drug-likeness (QED) is 0.856. The molecule has 1 aliphatic heterocycles. The number of nitrogens with zero attached hydrogens (tertiary/aromatic N) is 3. The second kappa shape index (κ2) is 5.19. The van der Waals surface area contributed by atoms with Crippen molar-refractivity contribution in [3.8, 4) is 0 Å². The maximum atomic E-state index is 4.27. The molecule has 2 rings (SSSR count). The van der Waals surface area contributed by atoms with E-state index < -0.39 is 0 Å². The molecule has 2 heterocycles. The molecule has 2 unspecified atom stereocenters. The van der Waals surface area contributed by atoms with Crippen LogP contribution < -0.4 is 5.32 Å². The van der Waals surface area contributed by atoms with Crippen molar-refractivity contribution in [3.63, 3.8) is 0 Å². The average Bonchev–Trinajstić information content (AvgIpc) is 2.83. The van der Waals surface area contributed by atoms with E-state index in [-0.39, 0.29) is 0 Å². The van der Waals surface area contributed by atoms with Crippen molar-refractivity contribution < 1.29 is 0 Å². The van der Waals surface area contributed by atoms with E-state index in [2.05, 4.69) is 36.1 Å². The van der Waals surface area contributed by atoms with Crippen LogP contribution in [0.2, 0.25) is 0 Å². The summed E-state index contributed by atoms with van der Waals surface area (Å²) in [6.45, 7) is 11.2. The highest BCUT2D eigenvalue weighted by atomic mass is 15.3. The molecule has 0 spiro atoms. The summed E-state index contributed by atoms with van der Waals surface area (Å²) in [4.78, 5) is 2.61. The first-order valence-corrected chi connectivity index (χ1v) is 6.60. The van der Waals surface area contributed by atoms with Crippen molar-refractivity contribution >= 4 is 0 Å². The third kappa shape index (κ3) is 2.87. The molecule has 0 radical (unpaired) electrons. The van der Waals surface area contributed by atoms with E-state index in [1.54, 1.807) is 0 Å². The summed E-state index contributed by atoms with van der Waals surface area (Å²) in [5.41, 5.74) is 0.291. The topological polar surface area (TPSA) is 33.1 Å². The third-order valence-electron chi connectivity index (χ3n) is 4.01. The highest BCUT2D eigenvalue weighted by Crippen LogP contribution is 2.22. The highest BCUT2D eigenvalue weighted by Gasteiger charge is 2.34. The molecule has 4 nitrogen and oxygen atoms in total. The lowest BCUT2D eigenvalue weighted by atomic mass is 9.92.